The number of ether oxygens (including phenoxy) is 2. The van der Waals surface area contributed by atoms with Gasteiger partial charge in [-0.25, -0.2) is 4.79 Å². The number of nitrogens with two attached hydrogens (primary N) is 1. The summed E-state index contributed by atoms with van der Waals surface area (Å²) < 4.78 is 10.2. The van der Waals surface area contributed by atoms with E-state index in [0.29, 0.717) is 0 Å². The van der Waals surface area contributed by atoms with Crippen LogP contribution in [0, 0.1) is 0 Å². The Bertz CT molecular complexity index is 176. The maximum atomic E-state index is 11.0. The third kappa shape index (κ3) is 3.74. The molecule has 0 aliphatic heterocycles. The molecule has 0 aromatic rings. The molecule has 0 unspecified atom stereocenters. The van der Waals surface area contributed by atoms with Crippen molar-refractivity contribution in [1.82, 2.24) is 0 Å². The van der Waals surface area contributed by atoms with Gasteiger partial charge in [-0.1, -0.05) is 0 Å². The van der Waals surface area contributed by atoms with E-state index in [4.69, 9.17) is 15.2 Å². The molecule has 4 nitrogen and oxygen atoms in total. The van der Waals surface area contributed by atoms with Crippen molar-refractivity contribution in [2.75, 3.05) is 6.61 Å². The van der Waals surface area contributed by atoms with Gasteiger partial charge < -0.3 is 15.2 Å². The van der Waals surface area contributed by atoms with Crippen LogP contribution in [0.2, 0.25) is 0 Å². The number of rotatable bonds is 4. The van der Waals surface area contributed by atoms with Gasteiger partial charge in [0.2, 0.25) is 0 Å². The van der Waals surface area contributed by atoms with E-state index < -0.39 is 0 Å². The maximum Gasteiger partial charge on any atom is 0.332 e. The minimum atomic E-state index is -0.296. The first-order chi connectivity index (χ1) is 6.08. The third-order valence-electron chi connectivity index (χ3n) is 1.94. The van der Waals surface area contributed by atoms with Crippen molar-refractivity contribution < 1.29 is 14.3 Å². The molecule has 0 bridgehead atoms. The molecule has 0 atom stereocenters. The van der Waals surface area contributed by atoms with Crippen LogP contribution in [0.4, 0.5) is 0 Å². The number of hydrogen-bond acceptors (Lipinski definition) is 4. The summed E-state index contributed by atoms with van der Waals surface area (Å²) in [5.41, 5.74) is 5.56. The number of hydrogen-bond donors (Lipinski definition) is 1. The fourth-order valence-electron chi connectivity index (χ4n) is 1.23. The maximum absolute atomic E-state index is 11.0. The smallest absolute Gasteiger partial charge is 0.332 e. The van der Waals surface area contributed by atoms with E-state index in [0.717, 1.165) is 12.8 Å². The predicted molar refractivity (Wildman–Crippen MR) is 48.2 cm³/mol. The Kier molecular flexibility index (Phi) is 3.69. The second-order valence-electron chi connectivity index (χ2n) is 3.70. The second kappa shape index (κ2) is 4.58. The summed E-state index contributed by atoms with van der Waals surface area (Å²) in [6, 6.07) is 0.256. The predicted octanol–water partition coefficient (Wildman–Crippen LogP) is 0.444. The van der Waals surface area contributed by atoms with Crippen LogP contribution in [-0.4, -0.2) is 30.8 Å². The third-order valence-corrected chi connectivity index (χ3v) is 1.94. The monoisotopic (exact) mass is 187 g/mol. The summed E-state index contributed by atoms with van der Waals surface area (Å²) in [5.74, 6) is -0.296. The van der Waals surface area contributed by atoms with Crippen molar-refractivity contribution in [2.45, 2.75) is 44.9 Å². The van der Waals surface area contributed by atoms with Crippen LogP contribution in [0.1, 0.15) is 26.7 Å². The molecule has 1 aliphatic carbocycles. The average Bonchev–Trinajstić information content (AvgIpc) is 1.94. The zero-order valence-electron chi connectivity index (χ0n) is 8.16. The Balaban J connectivity index is 2.02. The van der Waals surface area contributed by atoms with Gasteiger partial charge in [0.05, 0.1) is 12.2 Å². The van der Waals surface area contributed by atoms with Crippen molar-refractivity contribution >= 4 is 5.97 Å². The minimum absolute atomic E-state index is 0.0512. The van der Waals surface area contributed by atoms with Gasteiger partial charge in [-0.3, -0.25) is 0 Å². The average molecular weight is 187 g/mol. The molecule has 13 heavy (non-hydrogen) atoms. The summed E-state index contributed by atoms with van der Waals surface area (Å²) >= 11 is 0. The largest absolute Gasteiger partial charge is 0.461 e. The molecular formula is C9H17NO3. The Morgan fingerprint density at radius 1 is 1.54 bits per heavy atom. The number of carbonyl (C=O) groups excluding carboxylic acids is 1. The van der Waals surface area contributed by atoms with E-state index in [9.17, 15) is 4.79 Å². The van der Waals surface area contributed by atoms with Crippen LogP contribution in [0.25, 0.3) is 0 Å². The van der Waals surface area contributed by atoms with Crippen molar-refractivity contribution in [2.24, 2.45) is 5.73 Å². The van der Waals surface area contributed by atoms with Crippen molar-refractivity contribution in [3.8, 4) is 0 Å². The van der Waals surface area contributed by atoms with E-state index in [1.165, 1.54) is 0 Å². The molecule has 1 aliphatic rings. The highest BCUT2D eigenvalue weighted by atomic mass is 16.6. The minimum Gasteiger partial charge on any atom is -0.461 e. The van der Waals surface area contributed by atoms with Gasteiger partial charge in [-0.2, -0.15) is 0 Å². The molecule has 0 aromatic carbocycles. The Morgan fingerprint density at radius 2 is 2.15 bits per heavy atom. The van der Waals surface area contributed by atoms with Gasteiger partial charge in [0.25, 0.3) is 0 Å². The number of esters is 1. The molecule has 1 saturated carbocycles. The molecule has 2 N–H and O–H groups in total. The van der Waals surface area contributed by atoms with Crippen LogP contribution in [0.15, 0.2) is 0 Å². The van der Waals surface area contributed by atoms with E-state index >= 15 is 0 Å². The quantitative estimate of drug-likeness (QED) is 0.649. The first kappa shape index (κ1) is 10.5. The van der Waals surface area contributed by atoms with Crippen molar-refractivity contribution in [1.29, 1.82) is 0 Å². The van der Waals surface area contributed by atoms with Gasteiger partial charge in [-0.15, -0.1) is 0 Å². The van der Waals surface area contributed by atoms with Crippen LogP contribution in [0.3, 0.4) is 0 Å². The molecule has 0 spiro atoms. The molecule has 0 amide bonds. The van der Waals surface area contributed by atoms with E-state index in [-0.39, 0.29) is 30.8 Å². The summed E-state index contributed by atoms with van der Waals surface area (Å²) in [4.78, 5) is 11.0. The fraction of sp³-hybridized carbons (Fsp3) is 0.889. The van der Waals surface area contributed by atoms with Crippen LogP contribution in [-0.2, 0) is 14.3 Å². The molecule has 0 radical (unpaired) electrons. The Morgan fingerprint density at radius 3 is 2.62 bits per heavy atom. The summed E-state index contributed by atoms with van der Waals surface area (Å²) in [6.45, 7) is 3.68. The van der Waals surface area contributed by atoms with Crippen molar-refractivity contribution in [3.05, 3.63) is 0 Å². The standard InChI is InChI=1S/C9H17NO3/c1-6(2)13-9(11)5-12-8-3-7(10)4-8/h6-8H,3-5,10H2,1-2H3. The molecule has 0 saturated heterocycles. The zero-order valence-corrected chi connectivity index (χ0v) is 8.16. The van der Waals surface area contributed by atoms with Gasteiger partial charge in [-0.05, 0) is 26.7 Å². The SMILES string of the molecule is CC(C)OC(=O)COC1CC(N)C1. The lowest BCUT2D eigenvalue weighted by molar-refractivity contribution is -0.156. The zero-order chi connectivity index (χ0) is 9.84. The van der Waals surface area contributed by atoms with E-state index in [2.05, 4.69) is 0 Å². The van der Waals surface area contributed by atoms with Crippen LogP contribution >= 0.6 is 0 Å². The highest BCUT2D eigenvalue weighted by Gasteiger charge is 2.27. The summed E-state index contributed by atoms with van der Waals surface area (Å²) in [5, 5.41) is 0. The molecule has 1 fully saturated rings. The Labute approximate surface area is 78.4 Å². The van der Waals surface area contributed by atoms with Gasteiger partial charge in [0.1, 0.15) is 6.61 Å². The normalized spacial score (nSPS) is 27.1. The van der Waals surface area contributed by atoms with Crippen molar-refractivity contribution in [3.63, 3.8) is 0 Å². The fourth-order valence-corrected chi connectivity index (χ4v) is 1.23. The Hall–Kier alpha value is -0.610. The molecule has 0 aromatic heterocycles. The first-order valence-electron chi connectivity index (χ1n) is 4.64. The molecule has 76 valence electrons. The lowest BCUT2D eigenvalue weighted by atomic mass is 9.90. The topological polar surface area (TPSA) is 61.5 Å². The lowest BCUT2D eigenvalue weighted by Gasteiger charge is -2.31. The van der Waals surface area contributed by atoms with Gasteiger partial charge >= 0.3 is 5.97 Å². The highest BCUT2D eigenvalue weighted by molar-refractivity contribution is 5.70. The van der Waals surface area contributed by atoms with E-state index in [1.807, 2.05) is 13.8 Å². The lowest BCUT2D eigenvalue weighted by Crippen LogP contribution is -2.42. The summed E-state index contributed by atoms with van der Waals surface area (Å²) in [7, 11) is 0. The van der Waals surface area contributed by atoms with Gasteiger partial charge in [0.15, 0.2) is 0 Å². The molecule has 0 heterocycles. The number of carbonyl (C=O) groups is 1. The highest BCUT2D eigenvalue weighted by Crippen LogP contribution is 2.20. The van der Waals surface area contributed by atoms with E-state index in [1.54, 1.807) is 0 Å². The summed E-state index contributed by atoms with van der Waals surface area (Å²) in [6.07, 6.45) is 1.80. The van der Waals surface area contributed by atoms with Crippen LogP contribution in [0.5, 0.6) is 0 Å². The molecular weight excluding hydrogens is 170 g/mol. The molecule has 1 rings (SSSR count). The van der Waals surface area contributed by atoms with Crippen LogP contribution < -0.4 is 5.73 Å². The van der Waals surface area contributed by atoms with Gasteiger partial charge in [0, 0.05) is 6.04 Å². The first-order valence-corrected chi connectivity index (χ1v) is 4.64. The molecule has 4 heteroatoms. The second-order valence-corrected chi connectivity index (χ2v) is 3.70.